The summed E-state index contributed by atoms with van der Waals surface area (Å²) >= 11 is 0. The number of nitrogens with zero attached hydrogens (tertiary/aromatic N) is 3. The SMILES string of the molecule is c1cncc(-c2cc(-c3ccc(-c4cccc5ccccc45)cc3)nc(-c3ccc4c(c3)-c3ccccc3-c3ccccc3C43c4ccccc4-c4ccccc43)n2)c1. The maximum absolute atomic E-state index is 5.35. The maximum Gasteiger partial charge on any atom is 0.160 e. The van der Waals surface area contributed by atoms with Crippen LogP contribution < -0.4 is 0 Å². The van der Waals surface area contributed by atoms with Crippen LogP contribution in [0.4, 0.5) is 0 Å². The minimum absolute atomic E-state index is 0.536. The molecule has 0 fully saturated rings. The molecule has 2 aliphatic carbocycles. The van der Waals surface area contributed by atoms with Gasteiger partial charge < -0.3 is 0 Å². The molecule has 0 aliphatic heterocycles. The maximum atomic E-state index is 5.35. The van der Waals surface area contributed by atoms with Crippen molar-refractivity contribution < 1.29 is 0 Å². The predicted octanol–water partition coefficient (Wildman–Crippen LogP) is 13.7. The summed E-state index contributed by atoms with van der Waals surface area (Å²) in [6, 6.07) is 72.7. The van der Waals surface area contributed by atoms with Crippen LogP contribution in [0.25, 0.3) is 89.2 Å². The molecule has 0 atom stereocenters. The summed E-state index contributed by atoms with van der Waals surface area (Å²) in [5, 5.41) is 2.47. The molecule has 0 amide bonds. The van der Waals surface area contributed by atoms with Crippen molar-refractivity contribution in [3.63, 3.8) is 0 Å². The lowest BCUT2D eigenvalue weighted by Crippen LogP contribution is -2.29. The van der Waals surface area contributed by atoms with Crippen LogP contribution in [0, 0.1) is 0 Å². The van der Waals surface area contributed by atoms with E-state index in [1.54, 1.807) is 6.20 Å². The summed E-state index contributed by atoms with van der Waals surface area (Å²) in [4.78, 5) is 15.1. The molecule has 0 bridgehead atoms. The second kappa shape index (κ2) is 13.2. The van der Waals surface area contributed by atoms with Gasteiger partial charge in [-0.3, -0.25) is 4.98 Å². The summed E-state index contributed by atoms with van der Waals surface area (Å²) in [5.74, 6) is 0.669. The van der Waals surface area contributed by atoms with Crippen molar-refractivity contribution in [3.8, 4) is 78.4 Å². The largest absolute Gasteiger partial charge is 0.264 e. The number of rotatable bonds is 4. The minimum Gasteiger partial charge on any atom is -0.264 e. The third-order valence-corrected chi connectivity index (χ3v) is 12.4. The Kier molecular flexibility index (Phi) is 7.45. The Bertz CT molecular complexity index is 3220. The van der Waals surface area contributed by atoms with Gasteiger partial charge in [0, 0.05) is 29.1 Å². The smallest absolute Gasteiger partial charge is 0.160 e. The van der Waals surface area contributed by atoms with E-state index in [2.05, 4.69) is 199 Å². The zero-order valence-electron chi connectivity index (χ0n) is 32.0. The molecule has 3 nitrogen and oxygen atoms in total. The standard InChI is InChI=1S/C56H35N3/c1-2-16-41-36(13-1)14-11-22-42(41)37-26-28-38(29-27-37)53-34-54(40-15-12-32-57-35-40)59-55(58-53)39-30-31-52-48(33-39)44-18-4-3-17-43(44)45-19-5-8-23-49(45)56(52)50-24-9-6-20-46(50)47-21-7-10-25-51(47)56/h1-35H. The molecule has 59 heavy (non-hydrogen) atoms. The van der Waals surface area contributed by atoms with Gasteiger partial charge in [0.1, 0.15) is 0 Å². The molecule has 2 aromatic heterocycles. The van der Waals surface area contributed by atoms with Crippen molar-refractivity contribution in [2.45, 2.75) is 5.41 Å². The summed E-state index contributed by atoms with van der Waals surface area (Å²) in [7, 11) is 0. The summed E-state index contributed by atoms with van der Waals surface area (Å²) in [6.45, 7) is 0. The van der Waals surface area contributed by atoms with Gasteiger partial charge in [-0.2, -0.15) is 0 Å². The average molecular weight is 750 g/mol. The molecule has 0 saturated heterocycles. The van der Waals surface area contributed by atoms with Crippen LogP contribution in [-0.4, -0.2) is 15.0 Å². The van der Waals surface area contributed by atoms with E-state index >= 15 is 0 Å². The highest BCUT2D eigenvalue weighted by Crippen LogP contribution is 2.61. The molecular formula is C56H35N3. The first kappa shape index (κ1) is 33.4. The molecule has 0 N–H and O–H groups in total. The molecule has 3 heteroatoms. The Hall–Kier alpha value is -7.75. The Morgan fingerprint density at radius 2 is 0.831 bits per heavy atom. The second-order valence-corrected chi connectivity index (χ2v) is 15.5. The molecule has 2 aliphatic rings. The lowest BCUT2D eigenvalue weighted by atomic mass is 9.66. The zero-order chi connectivity index (χ0) is 38.9. The Labute approximate surface area is 343 Å². The monoisotopic (exact) mass is 749 g/mol. The van der Waals surface area contributed by atoms with Gasteiger partial charge in [-0.25, -0.2) is 9.97 Å². The number of pyridine rings is 1. The molecule has 1 spiro atoms. The van der Waals surface area contributed by atoms with Gasteiger partial charge in [0.2, 0.25) is 0 Å². The van der Waals surface area contributed by atoms with Crippen LogP contribution in [0.2, 0.25) is 0 Å². The second-order valence-electron chi connectivity index (χ2n) is 15.5. The van der Waals surface area contributed by atoms with E-state index < -0.39 is 5.41 Å². The number of aromatic nitrogens is 3. The van der Waals surface area contributed by atoms with E-state index in [4.69, 9.17) is 9.97 Å². The molecule has 0 radical (unpaired) electrons. The van der Waals surface area contributed by atoms with Crippen molar-refractivity contribution in [2.24, 2.45) is 0 Å². The van der Waals surface area contributed by atoms with E-state index in [9.17, 15) is 0 Å². The summed E-state index contributed by atoms with van der Waals surface area (Å²) in [5.41, 5.74) is 19.0. The van der Waals surface area contributed by atoms with Crippen LogP contribution in [0.1, 0.15) is 22.3 Å². The average Bonchev–Trinajstić information content (AvgIpc) is 3.56. The Balaban J connectivity index is 1.08. The molecule has 12 rings (SSSR count). The van der Waals surface area contributed by atoms with E-state index in [0.717, 1.165) is 28.1 Å². The van der Waals surface area contributed by atoms with Gasteiger partial charge in [0.25, 0.3) is 0 Å². The van der Waals surface area contributed by atoms with Gasteiger partial charge >= 0.3 is 0 Å². The van der Waals surface area contributed by atoms with Crippen molar-refractivity contribution in [1.82, 2.24) is 15.0 Å². The molecular weight excluding hydrogens is 715 g/mol. The predicted molar refractivity (Wildman–Crippen MR) is 241 cm³/mol. The van der Waals surface area contributed by atoms with Crippen molar-refractivity contribution in [2.75, 3.05) is 0 Å². The van der Waals surface area contributed by atoms with Gasteiger partial charge in [-0.15, -0.1) is 0 Å². The van der Waals surface area contributed by atoms with Crippen LogP contribution >= 0.6 is 0 Å². The van der Waals surface area contributed by atoms with Crippen LogP contribution in [0.5, 0.6) is 0 Å². The first-order chi connectivity index (χ1) is 29.3. The fraction of sp³-hybridized carbons (Fsp3) is 0.0179. The van der Waals surface area contributed by atoms with Crippen molar-refractivity contribution >= 4 is 10.8 Å². The Morgan fingerprint density at radius 1 is 0.322 bits per heavy atom. The lowest BCUT2D eigenvalue weighted by Gasteiger charge is -2.35. The molecule has 10 aromatic rings. The van der Waals surface area contributed by atoms with Crippen LogP contribution in [0.3, 0.4) is 0 Å². The highest BCUT2D eigenvalue weighted by atomic mass is 14.9. The normalized spacial score (nSPS) is 12.9. The van der Waals surface area contributed by atoms with E-state index in [1.165, 1.54) is 77.5 Å². The van der Waals surface area contributed by atoms with Crippen molar-refractivity contribution in [1.29, 1.82) is 0 Å². The minimum atomic E-state index is -0.536. The Morgan fingerprint density at radius 3 is 1.51 bits per heavy atom. The van der Waals surface area contributed by atoms with E-state index in [-0.39, 0.29) is 0 Å². The topological polar surface area (TPSA) is 38.7 Å². The summed E-state index contributed by atoms with van der Waals surface area (Å²) < 4.78 is 0. The van der Waals surface area contributed by atoms with Gasteiger partial charge in [0.15, 0.2) is 5.82 Å². The number of fused-ring (bicyclic) bond motifs is 13. The quantitative estimate of drug-likeness (QED) is 0.180. The third kappa shape index (κ3) is 5.05. The molecule has 274 valence electrons. The first-order valence-electron chi connectivity index (χ1n) is 20.2. The molecule has 8 aromatic carbocycles. The number of hydrogen-bond donors (Lipinski definition) is 0. The highest BCUT2D eigenvalue weighted by Gasteiger charge is 2.49. The van der Waals surface area contributed by atoms with Gasteiger partial charge in [0.05, 0.1) is 16.8 Å². The molecule has 2 heterocycles. The first-order valence-corrected chi connectivity index (χ1v) is 20.2. The fourth-order valence-corrected chi connectivity index (χ4v) is 9.88. The number of benzene rings is 8. The lowest BCUT2D eigenvalue weighted by molar-refractivity contribution is 0.775. The number of hydrogen-bond acceptors (Lipinski definition) is 3. The fourth-order valence-electron chi connectivity index (χ4n) is 9.88. The van der Waals surface area contributed by atoms with Gasteiger partial charge in [-0.05, 0) is 102 Å². The van der Waals surface area contributed by atoms with Gasteiger partial charge in [-0.1, -0.05) is 176 Å². The summed E-state index contributed by atoms with van der Waals surface area (Å²) in [6.07, 6.45) is 3.68. The molecule has 0 unspecified atom stereocenters. The van der Waals surface area contributed by atoms with Crippen LogP contribution in [0.15, 0.2) is 213 Å². The van der Waals surface area contributed by atoms with E-state index in [0.29, 0.717) is 5.82 Å². The van der Waals surface area contributed by atoms with Crippen molar-refractivity contribution in [3.05, 3.63) is 235 Å². The van der Waals surface area contributed by atoms with Crippen LogP contribution in [-0.2, 0) is 5.41 Å². The zero-order valence-corrected chi connectivity index (χ0v) is 32.0. The highest BCUT2D eigenvalue weighted by molar-refractivity contribution is 5.99. The van der Waals surface area contributed by atoms with E-state index in [1.807, 2.05) is 12.3 Å². The third-order valence-electron chi connectivity index (χ3n) is 12.4. The molecule has 0 saturated carbocycles.